The van der Waals surface area contributed by atoms with E-state index in [0.29, 0.717) is 22.2 Å². The maximum atomic E-state index is 12.3. The number of hydrogen-bond donors (Lipinski definition) is 1. The quantitative estimate of drug-likeness (QED) is 0.573. The summed E-state index contributed by atoms with van der Waals surface area (Å²) in [6.07, 6.45) is 2.93. The standard InChI is InChI=1S/C16H11NO2S/c18-16-11(9-17-13-6-2-4-8-15(13)20)10-19-14-7-3-1-5-12(14)16/h1-10,20H. The van der Waals surface area contributed by atoms with Gasteiger partial charge in [-0.05, 0) is 24.3 Å². The van der Waals surface area contributed by atoms with E-state index in [1.54, 1.807) is 12.1 Å². The third-order valence-corrected chi connectivity index (χ3v) is 3.31. The van der Waals surface area contributed by atoms with Crippen molar-refractivity contribution >= 4 is 35.5 Å². The number of hydrogen-bond acceptors (Lipinski definition) is 4. The van der Waals surface area contributed by atoms with Crippen LogP contribution in [0.4, 0.5) is 5.69 Å². The summed E-state index contributed by atoms with van der Waals surface area (Å²) in [5, 5.41) is 0.551. The maximum Gasteiger partial charge on any atom is 0.201 e. The van der Waals surface area contributed by atoms with Crippen LogP contribution in [0.2, 0.25) is 0 Å². The van der Waals surface area contributed by atoms with Crippen molar-refractivity contribution < 1.29 is 4.42 Å². The topological polar surface area (TPSA) is 42.6 Å². The summed E-state index contributed by atoms with van der Waals surface area (Å²) in [7, 11) is 0. The fraction of sp³-hybridized carbons (Fsp3) is 0. The SMILES string of the molecule is O=c1c(C=Nc2ccccc2S)coc2ccccc12. The molecule has 0 aliphatic rings. The lowest BCUT2D eigenvalue weighted by Crippen LogP contribution is -2.07. The molecule has 1 aromatic heterocycles. The van der Waals surface area contributed by atoms with E-state index >= 15 is 0 Å². The van der Waals surface area contributed by atoms with Gasteiger partial charge in [-0.25, -0.2) is 0 Å². The minimum absolute atomic E-state index is 0.0905. The van der Waals surface area contributed by atoms with Crippen LogP contribution in [-0.4, -0.2) is 6.21 Å². The molecular formula is C16H11NO2S. The highest BCUT2D eigenvalue weighted by molar-refractivity contribution is 7.80. The molecule has 0 aliphatic heterocycles. The van der Waals surface area contributed by atoms with Crippen LogP contribution in [0.5, 0.6) is 0 Å². The fourth-order valence-corrected chi connectivity index (χ4v) is 2.11. The highest BCUT2D eigenvalue weighted by atomic mass is 32.1. The molecule has 20 heavy (non-hydrogen) atoms. The lowest BCUT2D eigenvalue weighted by Gasteiger charge is -1.99. The Balaban J connectivity index is 2.06. The summed E-state index contributed by atoms with van der Waals surface area (Å²) in [5.41, 5.74) is 1.61. The van der Waals surface area contributed by atoms with Crippen molar-refractivity contribution in [2.45, 2.75) is 4.90 Å². The third kappa shape index (κ3) is 2.38. The minimum atomic E-state index is -0.0905. The van der Waals surface area contributed by atoms with Gasteiger partial charge < -0.3 is 4.42 Å². The summed E-state index contributed by atoms with van der Waals surface area (Å²) in [6.45, 7) is 0. The third-order valence-electron chi connectivity index (χ3n) is 2.93. The van der Waals surface area contributed by atoms with Crippen LogP contribution in [0.3, 0.4) is 0 Å². The molecule has 0 radical (unpaired) electrons. The second-order valence-electron chi connectivity index (χ2n) is 4.26. The van der Waals surface area contributed by atoms with Gasteiger partial charge in [0.1, 0.15) is 11.8 Å². The predicted octanol–water partition coefficient (Wildman–Crippen LogP) is 3.83. The van der Waals surface area contributed by atoms with Gasteiger partial charge in [-0.1, -0.05) is 24.3 Å². The Morgan fingerprint density at radius 2 is 1.80 bits per heavy atom. The Morgan fingerprint density at radius 1 is 1.05 bits per heavy atom. The highest BCUT2D eigenvalue weighted by Crippen LogP contribution is 2.21. The first kappa shape index (κ1) is 12.7. The summed E-state index contributed by atoms with van der Waals surface area (Å²) in [4.78, 5) is 17.3. The van der Waals surface area contributed by atoms with Crippen molar-refractivity contribution in [3.8, 4) is 0 Å². The Hall–Kier alpha value is -2.33. The molecule has 3 nitrogen and oxygen atoms in total. The van der Waals surface area contributed by atoms with E-state index < -0.39 is 0 Å². The first-order chi connectivity index (χ1) is 9.75. The number of benzene rings is 2. The molecule has 0 bridgehead atoms. The molecule has 3 aromatic rings. The van der Waals surface area contributed by atoms with Crippen molar-refractivity contribution in [1.82, 2.24) is 0 Å². The molecule has 1 heterocycles. The van der Waals surface area contributed by atoms with Crippen molar-refractivity contribution in [1.29, 1.82) is 0 Å². The second-order valence-corrected chi connectivity index (χ2v) is 4.75. The smallest absolute Gasteiger partial charge is 0.201 e. The summed E-state index contributed by atoms with van der Waals surface area (Å²) in [5.74, 6) is 0. The van der Waals surface area contributed by atoms with Crippen LogP contribution in [0.25, 0.3) is 11.0 Å². The summed E-state index contributed by atoms with van der Waals surface area (Å²) < 4.78 is 5.43. The Labute approximate surface area is 121 Å². The average Bonchev–Trinajstić information content (AvgIpc) is 2.48. The van der Waals surface area contributed by atoms with Gasteiger partial charge in [-0.15, -0.1) is 12.6 Å². The largest absolute Gasteiger partial charge is 0.463 e. The Bertz CT molecular complexity index is 852. The Kier molecular flexibility index (Phi) is 3.39. The van der Waals surface area contributed by atoms with E-state index in [2.05, 4.69) is 17.6 Å². The monoisotopic (exact) mass is 281 g/mol. The molecule has 0 saturated carbocycles. The van der Waals surface area contributed by atoms with E-state index in [9.17, 15) is 4.79 Å². The predicted molar refractivity (Wildman–Crippen MR) is 83.4 cm³/mol. The first-order valence-corrected chi connectivity index (χ1v) is 6.53. The van der Waals surface area contributed by atoms with Crippen LogP contribution in [0.1, 0.15) is 5.56 Å². The van der Waals surface area contributed by atoms with E-state index in [1.807, 2.05) is 36.4 Å². The second kappa shape index (κ2) is 5.35. The van der Waals surface area contributed by atoms with Crippen LogP contribution in [0, 0.1) is 0 Å². The molecule has 0 aliphatic carbocycles. The van der Waals surface area contributed by atoms with Gasteiger partial charge in [-0.3, -0.25) is 9.79 Å². The van der Waals surface area contributed by atoms with Gasteiger partial charge in [0.15, 0.2) is 0 Å². The zero-order valence-electron chi connectivity index (χ0n) is 10.5. The zero-order valence-corrected chi connectivity index (χ0v) is 11.4. The number of rotatable bonds is 2. The normalized spacial score (nSPS) is 11.2. The number of fused-ring (bicyclic) bond motifs is 1. The van der Waals surface area contributed by atoms with Crippen LogP contribution in [0.15, 0.2) is 73.9 Å². The molecule has 2 aromatic carbocycles. The van der Waals surface area contributed by atoms with Crippen LogP contribution in [-0.2, 0) is 0 Å². The average molecular weight is 281 g/mol. The van der Waals surface area contributed by atoms with E-state index in [1.165, 1.54) is 12.5 Å². The zero-order chi connectivity index (χ0) is 13.9. The first-order valence-electron chi connectivity index (χ1n) is 6.08. The summed E-state index contributed by atoms with van der Waals surface area (Å²) >= 11 is 4.31. The molecule has 98 valence electrons. The number of para-hydroxylation sites is 2. The molecular weight excluding hydrogens is 270 g/mol. The molecule has 0 spiro atoms. The number of nitrogens with zero attached hydrogens (tertiary/aromatic N) is 1. The van der Waals surface area contributed by atoms with Crippen LogP contribution < -0.4 is 5.43 Å². The molecule has 0 unspecified atom stereocenters. The minimum Gasteiger partial charge on any atom is -0.463 e. The molecule has 0 saturated heterocycles. The lowest BCUT2D eigenvalue weighted by molar-refractivity contribution is 0.601. The number of thiol groups is 1. The van der Waals surface area contributed by atoms with Gasteiger partial charge in [0.2, 0.25) is 5.43 Å². The van der Waals surface area contributed by atoms with Crippen molar-refractivity contribution in [3.05, 3.63) is 70.6 Å². The van der Waals surface area contributed by atoms with Gasteiger partial charge >= 0.3 is 0 Å². The van der Waals surface area contributed by atoms with Gasteiger partial charge in [0, 0.05) is 11.1 Å². The molecule has 0 N–H and O–H groups in total. The van der Waals surface area contributed by atoms with E-state index in [4.69, 9.17) is 4.42 Å². The lowest BCUT2D eigenvalue weighted by atomic mass is 10.2. The molecule has 0 amide bonds. The van der Waals surface area contributed by atoms with E-state index in [0.717, 1.165) is 4.90 Å². The molecule has 0 fully saturated rings. The van der Waals surface area contributed by atoms with Crippen molar-refractivity contribution in [2.24, 2.45) is 4.99 Å². The van der Waals surface area contributed by atoms with Gasteiger partial charge in [0.25, 0.3) is 0 Å². The van der Waals surface area contributed by atoms with Crippen molar-refractivity contribution in [3.63, 3.8) is 0 Å². The fourth-order valence-electron chi connectivity index (χ4n) is 1.89. The summed E-state index contributed by atoms with van der Waals surface area (Å²) in [6, 6.07) is 14.6. The molecule has 4 heteroatoms. The maximum absolute atomic E-state index is 12.3. The Morgan fingerprint density at radius 3 is 2.65 bits per heavy atom. The van der Waals surface area contributed by atoms with Gasteiger partial charge in [0.05, 0.1) is 16.6 Å². The highest BCUT2D eigenvalue weighted by Gasteiger charge is 2.04. The van der Waals surface area contributed by atoms with Gasteiger partial charge in [-0.2, -0.15) is 0 Å². The van der Waals surface area contributed by atoms with E-state index in [-0.39, 0.29) is 5.43 Å². The molecule has 3 rings (SSSR count). The van der Waals surface area contributed by atoms with Crippen LogP contribution >= 0.6 is 12.6 Å². The molecule has 0 atom stereocenters. The number of aliphatic imine (C=N–C) groups is 1. The van der Waals surface area contributed by atoms with Crippen molar-refractivity contribution in [2.75, 3.05) is 0 Å².